The molecule has 6 heteroatoms. The lowest BCUT2D eigenvalue weighted by molar-refractivity contribution is -0.389. The second-order valence-electron chi connectivity index (χ2n) is 3.91. The van der Waals surface area contributed by atoms with Crippen LogP contribution in [0.15, 0.2) is 18.3 Å². The first-order valence-electron chi connectivity index (χ1n) is 6.16. The summed E-state index contributed by atoms with van der Waals surface area (Å²) in [5, 5.41) is 13.5. The molecular weight excluding hydrogens is 234 g/mol. The van der Waals surface area contributed by atoms with Crippen molar-refractivity contribution >= 4 is 11.5 Å². The number of pyridine rings is 1. The number of anilines is 1. The predicted molar refractivity (Wildman–Crippen MR) is 69.7 cm³/mol. The van der Waals surface area contributed by atoms with Crippen molar-refractivity contribution in [2.45, 2.75) is 26.2 Å². The van der Waals surface area contributed by atoms with Crippen molar-refractivity contribution in [1.82, 2.24) is 4.98 Å². The Kier molecular flexibility index (Phi) is 6.71. The Morgan fingerprint density at radius 3 is 2.78 bits per heavy atom. The van der Waals surface area contributed by atoms with Gasteiger partial charge in [-0.05, 0) is 28.8 Å². The van der Waals surface area contributed by atoms with E-state index >= 15 is 0 Å². The second-order valence-corrected chi connectivity index (χ2v) is 3.91. The summed E-state index contributed by atoms with van der Waals surface area (Å²) < 4.78 is 5.42. The zero-order chi connectivity index (χ0) is 13.2. The zero-order valence-electron chi connectivity index (χ0n) is 10.6. The highest BCUT2D eigenvalue weighted by atomic mass is 16.6. The number of nitro groups is 1. The van der Waals surface area contributed by atoms with Crippen LogP contribution in [-0.2, 0) is 4.74 Å². The number of nitrogens with zero attached hydrogens (tertiary/aromatic N) is 2. The normalized spacial score (nSPS) is 10.3. The van der Waals surface area contributed by atoms with Gasteiger partial charge in [0.1, 0.15) is 0 Å². The molecule has 6 nitrogen and oxygen atoms in total. The van der Waals surface area contributed by atoms with Gasteiger partial charge in [-0.2, -0.15) is 0 Å². The molecule has 0 bridgehead atoms. The Balaban J connectivity index is 2.14. The summed E-state index contributed by atoms with van der Waals surface area (Å²) in [5.74, 6) is -0.136. The molecule has 0 fully saturated rings. The van der Waals surface area contributed by atoms with E-state index in [9.17, 15) is 10.1 Å². The molecule has 0 saturated carbocycles. The summed E-state index contributed by atoms with van der Waals surface area (Å²) in [7, 11) is 0. The Morgan fingerprint density at radius 2 is 2.17 bits per heavy atom. The fraction of sp³-hybridized carbons (Fsp3) is 0.583. The molecule has 0 atom stereocenters. The van der Waals surface area contributed by atoms with Crippen molar-refractivity contribution in [3.8, 4) is 0 Å². The van der Waals surface area contributed by atoms with Gasteiger partial charge < -0.3 is 20.2 Å². The van der Waals surface area contributed by atoms with Gasteiger partial charge in [0.15, 0.2) is 6.20 Å². The Labute approximate surface area is 107 Å². The molecule has 1 aromatic heterocycles. The average molecular weight is 253 g/mol. The summed E-state index contributed by atoms with van der Waals surface area (Å²) >= 11 is 0. The maximum atomic E-state index is 10.4. The Bertz CT molecular complexity index is 354. The quantitative estimate of drug-likeness (QED) is 0.416. The largest absolute Gasteiger partial charge is 0.382 e. The van der Waals surface area contributed by atoms with Crippen LogP contribution in [0.5, 0.6) is 0 Å². The molecule has 100 valence electrons. The third-order valence-electron chi connectivity index (χ3n) is 2.37. The Hall–Kier alpha value is -1.69. The first-order valence-corrected chi connectivity index (χ1v) is 6.16. The van der Waals surface area contributed by atoms with Crippen LogP contribution in [0.25, 0.3) is 0 Å². The van der Waals surface area contributed by atoms with E-state index in [0.717, 1.165) is 44.7 Å². The molecule has 0 spiro atoms. The minimum atomic E-state index is -0.509. The second kappa shape index (κ2) is 8.41. The van der Waals surface area contributed by atoms with Crippen LogP contribution in [0.2, 0.25) is 0 Å². The lowest BCUT2D eigenvalue weighted by Crippen LogP contribution is -2.06. The molecule has 0 amide bonds. The molecule has 18 heavy (non-hydrogen) atoms. The zero-order valence-corrected chi connectivity index (χ0v) is 10.6. The third-order valence-corrected chi connectivity index (χ3v) is 2.37. The third kappa shape index (κ3) is 5.58. The standard InChI is InChI=1S/C12H19N3O3/c1-2-3-8-18-9-4-7-13-11-5-6-12(14-10-11)15(16)17/h5-6,10,13H,2-4,7-9H2,1H3. The van der Waals surface area contributed by atoms with Crippen LogP contribution < -0.4 is 5.32 Å². The maximum Gasteiger partial charge on any atom is 0.363 e. The molecule has 1 heterocycles. The number of nitrogens with one attached hydrogen (secondary N) is 1. The molecule has 1 N–H and O–H groups in total. The van der Waals surface area contributed by atoms with Gasteiger partial charge in [-0.1, -0.05) is 13.3 Å². The molecule has 1 aromatic rings. The van der Waals surface area contributed by atoms with Crippen LogP contribution >= 0.6 is 0 Å². The topological polar surface area (TPSA) is 77.3 Å². The SMILES string of the molecule is CCCCOCCCNc1ccc([N+](=O)[O-])nc1. The minimum absolute atomic E-state index is 0.136. The summed E-state index contributed by atoms with van der Waals surface area (Å²) in [4.78, 5) is 13.6. The minimum Gasteiger partial charge on any atom is -0.382 e. The number of aromatic nitrogens is 1. The summed E-state index contributed by atoms with van der Waals surface area (Å²) in [5.41, 5.74) is 0.786. The van der Waals surface area contributed by atoms with Crippen molar-refractivity contribution in [2.75, 3.05) is 25.1 Å². The highest BCUT2D eigenvalue weighted by Gasteiger charge is 2.05. The first kappa shape index (κ1) is 14.4. The van der Waals surface area contributed by atoms with Gasteiger partial charge in [0.05, 0.1) is 5.69 Å². The van der Waals surface area contributed by atoms with Crippen molar-refractivity contribution in [2.24, 2.45) is 0 Å². The van der Waals surface area contributed by atoms with Gasteiger partial charge in [-0.15, -0.1) is 0 Å². The molecule has 0 aromatic carbocycles. The highest BCUT2D eigenvalue weighted by Crippen LogP contribution is 2.11. The van der Waals surface area contributed by atoms with E-state index in [1.165, 1.54) is 12.3 Å². The van der Waals surface area contributed by atoms with Crippen molar-refractivity contribution in [3.05, 3.63) is 28.4 Å². The van der Waals surface area contributed by atoms with E-state index in [-0.39, 0.29) is 5.82 Å². The first-order chi connectivity index (χ1) is 8.74. The smallest absolute Gasteiger partial charge is 0.363 e. The number of hydrogen-bond acceptors (Lipinski definition) is 5. The van der Waals surface area contributed by atoms with Gasteiger partial charge in [0.2, 0.25) is 0 Å². The molecule has 0 aliphatic heterocycles. The summed E-state index contributed by atoms with van der Waals surface area (Å²) in [6, 6.07) is 3.04. The average Bonchev–Trinajstić information content (AvgIpc) is 2.38. The number of unbranched alkanes of at least 4 members (excludes halogenated alkanes) is 1. The van der Waals surface area contributed by atoms with E-state index in [4.69, 9.17) is 4.74 Å². The molecule has 0 aliphatic carbocycles. The molecule has 0 radical (unpaired) electrons. The van der Waals surface area contributed by atoms with Crippen molar-refractivity contribution < 1.29 is 9.66 Å². The van der Waals surface area contributed by atoms with Gasteiger partial charge in [-0.3, -0.25) is 0 Å². The van der Waals surface area contributed by atoms with Gasteiger partial charge in [-0.25, -0.2) is 0 Å². The van der Waals surface area contributed by atoms with Gasteiger partial charge in [0, 0.05) is 25.8 Å². The van der Waals surface area contributed by atoms with Crippen molar-refractivity contribution in [1.29, 1.82) is 0 Å². The number of ether oxygens (including phenoxy) is 1. The van der Waals surface area contributed by atoms with E-state index in [1.807, 2.05) is 0 Å². The van der Waals surface area contributed by atoms with Crippen LogP contribution in [0, 0.1) is 10.1 Å². The lowest BCUT2D eigenvalue weighted by Gasteiger charge is -2.05. The number of hydrogen-bond donors (Lipinski definition) is 1. The lowest BCUT2D eigenvalue weighted by atomic mass is 10.3. The molecular formula is C12H19N3O3. The van der Waals surface area contributed by atoms with E-state index in [0.29, 0.717) is 0 Å². The van der Waals surface area contributed by atoms with E-state index < -0.39 is 4.92 Å². The van der Waals surface area contributed by atoms with Crippen LogP contribution in [0.3, 0.4) is 0 Å². The molecule has 0 aliphatic rings. The van der Waals surface area contributed by atoms with E-state index in [2.05, 4.69) is 17.2 Å². The summed E-state index contributed by atoms with van der Waals surface area (Å²) in [6.07, 6.45) is 4.61. The maximum absolute atomic E-state index is 10.4. The highest BCUT2D eigenvalue weighted by molar-refractivity contribution is 5.43. The fourth-order valence-electron chi connectivity index (χ4n) is 1.35. The van der Waals surface area contributed by atoms with Crippen LogP contribution in [0.4, 0.5) is 11.5 Å². The van der Waals surface area contributed by atoms with Crippen LogP contribution in [-0.4, -0.2) is 29.7 Å². The van der Waals surface area contributed by atoms with Gasteiger partial charge >= 0.3 is 5.82 Å². The molecule has 1 rings (SSSR count). The van der Waals surface area contributed by atoms with Gasteiger partial charge in [0.25, 0.3) is 0 Å². The molecule has 0 unspecified atom stereocenters. The molecule has 0 saturated heterocycles. The van der Waals surface area contributed by atoms with Crippen molar-refractivity contribution in [3.63, 3.8) is 0 Å². The van der Waals surface area contributed by atoms with Crippen LogP contribution in [0.1, 0.15) is 26.2 Å². The van der Waals surface area contributed by atoms with E-state index in [1.54, 1.807) is 6.07 Å². The Morgan fingerprint density at radius 1 is 1.39 bits per heavy atom. The fourth-order valence-corrected chi connectivity index (χ4v) is 1.35. The summed E-state index contributed by atoms with van der Waals surface area (Å²) in [6.45, 7) is 4.45. The monoisotopic (exact) mass is 253 g/mol. The number of rotatable bonds is 9. The predicted octanol–water partition coefficient (Wildman–Crippen LogP) is 2.61.